The first kappa shape index (κ1) is 18.5. The first-order chi connectivity index (χ1) is 5.13. The van der Waals surface area contributed by atoms with E-state index in [0.717, 1.165) is 11.8 Å². The SMILES string of the molecule is CC(=O)O.O.Sc1ccccc1.[H-].[H-].[Mg+2]. The molecule has 0 amide bonds. The molecular formula is C8H14MgO3S. The molecule has 13 heavy (non-hydrogen) atoms. The molecule has 0 atom stereocenters. The van der Waals surface area contributed by atoms with Crippen LogP contribution in [0.3, 0.4) is 0 Å². The van der Waals surface area contributed by atoms with E-state index in [1.807, 2.05) is 30.3 Å². The summed E-state index contributed by atoms with van der Waals surface area (Å²) in [5, 5.41) is 7.42. The van der Waals surface area contributed by atoms with Crippen LogP contribution in [-0.2, 0) is 4.79 Å². The van der Waals surface area contributed by atoms with Crippen LogP contribution in [0.25, 0.3) is 0 Å². The van der Waals surface area contributed by atoms with E-state index in [-0.39, 0.29) is 31.4 Å². The number of carboxylic acid groups (broad SMARTS) is 1. The molecule has 0 aliphatic rings. The number of rotatable bonds is 0. The normalized spacial score (nSPS) is 6.62. The van der Waals surface area contributed by atoms with Crippen molar-refractivity contribution in [3.63, 3.8) is 0 Å². The molecule has 0 radical (unpaired) electrons. The van der Waals surface area contributed by atoms with Crippen molar-refractivity contribution in [3.05, 3.63) is 30.3 Å². The van der Waals surface area contributed by atoms with E-state index in [1.54, 1.807) is 0 Å². The molecule has 0 spiro atoms. The molecule has 1 aromatic carbocycles. The molecular weight excluding hydrogens is 200 g/mol. The summed E-state index contributed by atoms with van der Waals surface area (Å²) >= 11 is 4.08. The van der Waals surface area contributed by atoms with Crippen molar-refractivity contribution in [1.82, 2.24) is 0 Å². The van der Waals surface area contributed by atoms with Crippen LogP contribution in [0, 0.1) is 0 Å². The Morgan fingerprint density at radius 3 is 1.85 bits per heavy atom. The summed E-state index contributed by atoms with van der Waals surface area (Å²) in [6.45, 7) is 1.08. The first-order valence-electron chi connectivity index (χ1n) is 3.06. The fourth-order valence-electron chi connectivity index (χ4n) is 0.428. The van der Waals surface area contributed by atoms with Gasteiger partial charge in [-0.15, -0.1) is 12.6 Å². The van der Waals surface area contributed by atoms with E-state index in [1.165, 1.54) is 0 Å². The van der Waals surface area contributed by atoms with Gasteiger partial charge in [0.25, 0.3) is 5.97 Å². The summed E-state index contributed by atoms with van der Waals surface area (Å²) in [5.41, 5.74) is 0. The number of carboxylic acids is 1. The van der Waals surface area contributed by atoms with Gasteiger partial charge in [0.05, 0.1) is 0 Å². The van der Waals surface area contributed by atoms with Gasteiger partial charge >= 0.3 is 23.1 Å². The van der Waals surface area contributed by atoms with Gasteiger partial charge in [0.1, 0.15) is 0 Å². The minimum absolute atomic E-state index is 0. The Bertz CT molecular complexity index is 220. The van der Waals surface area contributed by atoms with Crippen LogP contribution in [0.1, 0.15) is 9.78 Å². The molecule has 72 valence electrons. The van der Waals surface area contributed by atoms with E-state index < -0.39 is 5.97 Å². The predicted octanol–water partition coefficient (Wildman–Crippen LogP) is 1.09. The van der Waals surface area contributed by atoms with Crippen molar-refractivity contribution in [3.8, 4) is 0 Å². The standard InChI is InChI=1S/C6H6S.C2H4O2.Mg.H2O.2H/c7-6-4-2-1-3-5-6;1-2(3)4;;;;/h1-5,7H;1H3,(H,3,4);;1H2;;/q;;+2;;2*-1. The number of hydrogen-bond acceptors (Lipinski definition) is 2. The second-order valence-corrected chi connectivity index (χ2v) is 2.37. The Labute approximate surface area is 102 Å². The van der Waals surface area contributed by atoms with Gasteiger partial charge < -0.3 is 13.4 Å². The summed E-state index contributed by atoms with van der Waals surface area (Å²) in [7, 11) is 0. The van der Waals surface area contributed by atoms with Crippen LogP contribution in [0.2, 0.25) is 0 Å². The molecule has 0 aliphatic carbocycles. The van der Waals surface area contributed by atoms with Gasteiger partial charge in [-0.25, -0.2) is 0 Å². The van der Waals surface area contributed by atoms with Crippen LogP contribution >= 0.6 is 12.6 Å². The van der Waals surface area contributed by atoms with Crippen molar-refractivity contribution < 1.29 is 18.2 Å². The van der Waals surface area contributed by atoms with E-state index in [9.17, 15) is 0 Å². The zero-order valence-corrected chi connectivity index (χ0v) is 9.71. The number of carbonyl (C=O) groups is 1. The van der Waals surface area contributed by atoms with Crippen molar-refractivity contribution in [2.75, 3.05) is 0 Å². The Kier molecular flexibility index (Phi) is 16.8. The van der Waals surface area contributed by atoms with Gasteiger partial charge in [-0.05, 0) is 12.1 Å². The van der Waals surface area contributed by atoms with Crippen molar-refractivity contribution in [2.24, 2.45) is 0 Å². The van der Waals surface area contributed by atoms with E-state index in [2.05, 4.69) is 12.6 Å². The minimum Gasteiger partial charge on any atom is -1.00 e. The third kappa shape index (κ3) is 18.6. The van der Waals surface area contributed by atoms with Crippen LogP contribution < -0.4 is 0 Å². The summed E-state index contributed by atoms with van der Waals surface area (Å²) in [6, 6.07) is 9.79. The molecule has 0 bridgehead atoms. The predicted molar refractivity (Wildman–Crippen MR) is 58.6 cm³/mol. The Hall–Kier alpha value is -0.234. The first-order valence-corrected chi connectivity index (χ1v) is 3.51. The minimum atomic E-state index is -0.833. The summed E-state index contributed by atoms with van der Waals surface area (Å²) in [5.74, 6) is -0.833. The molecule has 3 N–H and O–H groups in total. The number of thiol groups is 1. The Morgan fingerprint density at radius 2 is 1.69 bits per heavy atom. The maximum absolute atomic E-state index is 9.00. The fourth-order valence-corrected chi connectivity index (χ4v) is 0.600. The van der Waals surface area contributed by atoms with Crippen LogP contribution in [0.5, 0.6) is 0 Å². The zero-order valence-electron chi connectivity index (χ0n) is 9.40. The Morgan fingerprint density at radius 1 is 1.38 bits per heavy atom. The van der Waals surface area contributed by atoms with E-state index >= 15 is 0 Å². The van der Waals surface area contributed by atoms with Gasteiger partial charge in [0, 0.05) is 11.8 Å². The van der Waals surface area contributed by atoms with Crippen LogP contribution in [0.4, 0.5) is 0 Å². The van der Waals surface area contributed by atoms with Gasteiger partial charge in [0.2, 0.25) is 0 Å². The molecule has 1 rings (SSSR count). The van der Waals surface area contributed by atoms with Gasteiger partial charge in [-0.1, -0.05) is 18.2 Å². The molecule has 0 heterocycles. The molecule has 0 fully saturated rings. The van der Waals surface area contributed by atoms with E-state index in [4.69, 9.17) is 9.90 Å². The molecule has 3 nitrogen and oxygen atoms in total. The monoisotopic (exact) mass is 214 g/mol. The molecule has 0 aromatic heterocycles. The van der Waals surface area contributed by atoms with Crippen LogP contribution in [0.15, 0.2) is 35.2 Å². The summed E-state index contributed by atoms with van der Waals surface area (Å²) in [6.07, 6.45) is 0. The Balaban J connectivity index is -0.0000000383. The second-order valence-electron chi connectivity index (χ2n) is 1.85. The third-order valence-electron chi connectivity index (χ3n) is 0.756. The number of benzene rings is 1. The molecule has 0 unspecified atom stereocenters. The smallest absolute Gasteiger partial charge is 1.00 e. The van der Waals surface area contributed by atoms with Crippen molar-refractivity contribution in [2.45, 2.75) is 11.8 Å². The summed E-state index contributed by atoms with van der Waals surface area (Å²) < 4.78 is 0. The van der Waals surface area contributed by atoms with Gasteiger partial charge in [0.15, 0.2) is 0 Å². The molecule has 0 aliphatic heterocycles. The molecule has 5 heteroatoms. The summed E-state index contributed by atoms with van der Waals surface area (Å²) in [4.78, 5) is 10.0. The molecule has 0 saturated heterocycles. The fraction of sp³-hybridized carbons (Fsp3) is 0.125. The average molecular weight is 215 g/mol. The van der Waals surface area contributed by atoms with Crippen LogP contribution in [-0.4, -0.2) is 39.6 Å². The van der Waals surface area contributed by atoms with Crippen molar-refractivity contribution >= 4 is 41.7 Å². The topological polar surface area (TPSA) is 68.8 Å². The number of aliphatic carboxylic acids is 1. The van der Waals surface area contributed by atoms with Gasteiger partial charge in [-0.3, -0.25) is 4.79 Å². The largest absolute Gasteiger partial charge is 2.00 e. The molecule has 0 saturated carbocycles. The quantitative estimate of drug-likeness (QED) is 0.501. The molecule has 1 aromatic rings. The van der Waals surface area contributed by atoms with Gasteiger partial charge in [-0.2, -0.15) is 0 Å². The third-order valence-corrected chi connectivity index (χ3v) is 1.05. The zero-order chi connectivity index (χ0) is 8.69. The average Bonchev–Trinajstić information content (AvgIpc) is 1.87. The maximum Gasteiger partial charge on any atom is 2.00 e. The van der Waals surface area contributed by atoms with E-state index in [0.29, 0.717) is 0 Å². The second kappa shape index (κ2) is 11.8. The van der Waals surface area contributed by atoms with Crippen molar-refractivity contribution in [1.29, 1.82) is 0 Å². The number of hydrogen-bond donors (Lipinski definition) is 2. The maximum atomic E-state index is 9.00.